The van der Waals surface area contributed by atoms with Crippen molar-refractivity contribution in [1.82, 2.24) is 9.97 Å². The minimum Gasteiger partial charge on any atom is -0.305 e. The van der Waals surface area contributed by atoms with Crippen LogP contribution in [-0.4, -0.2) is 9.97 Å². The summed E-state index contributed by atoms with van der Waals surface area (Å²) in [6.45, 7) is 0. The van der Waals surface area contributed by atoms with Crippen LogP contribution in [0.5, 0.6) is 0 Å². The van der Waals surface area contributed by atoms with Crippen LogP contribution in [0.2, 0.25) is 0 Å². The van der Waals surface area contributed by atoms with Crippen LogP contribution in [0.1, 0.15) is 0 Å². The molecule has 0 fully saturated rings. The van der Waals surface area contributed by atoms with Gasteiger partial charge in [-0.1, -0.05) is 115 Å². The molecular weight excluding hydrogens is 531 g/mol. The molecule has 0 saturated heterocycles. The smallest absolute Gasteiger partial charge is 0.207 e. The third-order valence-corrected chi connectivity index (χ3v) is 11.1. The first-order chi connectivity index (χ1) is 20.8. The van der Waals surface area contributed by atoms with Gasteiger partial charge in [0.1, 0.15) is 10.9 Å². The summed E-state index contributed by atoms with van der Waals surface area (Å²) in [4.78, 5) is 9.47. The lowest BCUT2D eigenvalue weighted by Crippen LogP contribution is -2.29. The van der Waals surface area contributed by atoms with Gasteiger partial charge in [0.2, 0.25) is 7.14 Å². The van der Waals surface area contributed by atoms with Crippen molar-refractivity contribution in [1.29, 1.82) is 0 Å². The molecule has 42 heavy (non-hydrogen) atoms. The number of benzene rings is 6. The van der Waals surface area contributed by atoms with E-state index in [4.69, 9.17) is 9.97 Å². The first-order valence-corrected chi connectivity index (χ1v) is 15.7. The number of rotatable bonds is 4. The molecule has 0 radical (unpaired) electrons. The Bertz CT molecular complexity index is 2270. The van der Waals surface area contributed by atoms with E-state index in [0.29, 0.717) is 10.9 Å². The van der Waals surface area contributed by atoms with Crippen molar-refractivity contribution in [2.45, 2.75) is 0 Å². The maximum absolute atomic E-state index is 16.1. The summed E-state index contributed by atoms with van der Waals surface area (Å²) in [6.07, 6.45) is 3.45. The Labute approximate surface area is 243 Å². The summed E-state index contributed by atoms with van der Waals surface area (Å²) in [6, 6.07) is 47.3. The first-order valence-electron chi connectivity index (χ1n) is 14.0. The maximum atomic E-state index is 16.1. The van der Waals surface area contributed by atoms with Crippen molar-refractivity contribution in [3.05, 3.63) is 152 Å². The molecule has 0 unspecified atom stereocenters. The van der Waals surface area contributed by atoms with Crippen LogP contribution >= 0.6 is 7.14 Å². The van der Waals surface area contributed by atoms with Crippen molar-refractivity contribution in [2.75, 3.05) is 0 Å². The molecule has 0 amide bonds. The van der Waals surface area contributed by atoms with Gasteiger partial charge in [0, 0.05) is 23.1 Å². The zero-order valence-electron chi connectivity index (χ0n) is 22.7. The molecule has 6 aromatic carbocycles. The SMILES string of the molecule is O=P(c1ccccn1)(c1ccccn1)c1c2ccccc2c(-c2ccccc2)c2c3ccccc3c3ccccc3c12. The number of hydrogen-bond donors (Lipinski definition) is 0. The summed E-state index contributed by atoms with van der Waals surface area (Å²) in [5.41, 5.74) is 3.32. The summed E-state index contributed by atoms with van der Waals surface area (Å²) < 4.78 is 16.1. The van der Waals surface area contributed by atoms with E-state index in [1.54, 1.807) is 12.4 Å². The van der Waals surface area contributed by atoms with Gasteiger partial charge in [0.05, 0.1) is 0 Å². The zero-order chi connectivity index (χ0) is 28.1. The molecule has 4 heteroatoms. The predicted octanol–water partition coefficient (Wildman–Crippen LogP) is 8.40. The van der Waals surface area contributed by atoms with Crippen LogP contribution in [0.4, 0.5) is 0 Å². The van der Waals surface area contributed by atoms with Gasteiger partial charge in [-0.25, -0.2) is 0 Å². The second-order valence-electron chi connectivity index (χ2n) is 10.5. The zero-order valence-corrected chi connectivity index (χ0v) is 23.6. The van der Waals surface area contributed by atoms with Crippen LogP contribution in [0.15, 0.2) is 152 Å². The van der Waals surface area contributed by atoms with Gasteiger partial charge in [-0.2, -0.15) is 0 Å². The standard InChI is InChI=1S/C38H25N2OP/c41-42(33-22-10-12-24-39-33,34-23-11-13-25-40-34)38-32-21-9-8-20-31(32)35(26-14-2-1-3-15-26)36-29-18-6-4-16-27(29)28-17-5-7-19-30(28)37(36)38/h1-25H. The first kappa shape index (κ1) is 24.7. The van der Waals surface area contributed by atoms with Crippen LogP contribution in [0, 0.1) is 0 Å². The van der Waals surface area contributed by atoms with E-state index in [0.717, 1.165) is 54.1 Å². The molecule has 198 valence electrons. The van der Waals surface area contributed by atoms with Crippen molar-refractivity contribution in [2.24, 2.45) is 0 Å². The lowest BCUT2D eigenvalue weighted by atomic mass is 9.86. The highest BCUT2D eigenvalue weighted by Crippen LogP contribution is 2.51. The quantitative estimate of drug-likeness (QED) is 0.124. The highest BCUT2D eigenvalue weighted by molar-refractivity contribution is 7.85. The van der Waals surface area contributed by atoms with Crippen LogP contribution in [-0.2, 0) is 4.57 Å². The molecule has 8 aromatic rings. The number of hydrogen-bond acceptors (Lipinski definition) is 3. The Hall–Kier alpha value is -5.11. The second kappa shape index (κ2) is 9.76. The Morgan fingerprint density at radius 2 is 0.857 bits per heavy atom. The third-order valence-electron chi connectivity index (χ3n) is 8.19. The maximum Gasteiger partial charge on any atom is 0.207 e. The number of aromatic nitrogens is 2. The van der Waals surface area contributed by atoms with Gasteiger partial charge in [0.15, 0.2) is 0 Å². The molecular formula is C38H25N2OP. The van der Waals surface area contributed by atoms with Crippen LogP contribution in [0.25, 0.3) is 54.2 Å². The summed E-state index contributed by atoms with van der Waals surface area (Å²) in [7, 11) is -3.58. The molecule has 0 aliphatic rings. The van der Waals surface area contributed by atoms with Crippen LogP contribution < -0.4 is 16.2 Å². The topological polar surface area (TPSA) is 42.9 Å². The molecule has 0 saturated carbocycles. The molecule has 2 heterocycles. The fourth-order valence-corrected chi connectivity index (χ4v) is 9.31. The third kappa shape index (κ3) is 3.57. The van der Waals surface area contributed by atoms with Gasteiger partial charge < -0.3 is 4.57 Å². The average Bonchev–Trinajstić information content (AvgIpc) is 3.08. The average molecular weight is 557 g/mol. The van der Waals surface area contributed by atoms with Gasteiger partial charge in [0.25, 0.3) is 0 Å². The predicted molar refractivity (Wildman–Crippen MR) is 177 cm³/mol. The van der Waals surface area contributed by atoms with Crippen molar-refractivity contribution < 1.29 is 4.57 Å². The Morgan fingerprint density at radius 1 is 0.405 bits per heavy atom. The summed E-state index contributed by atoms with van der Waals surface area (Å²) in [5.74, 6) is 0. The summed E-state index contributed by atoms with van der Waals surface area (Å²) in [5, 5.41) is 9.36. The van der Waals surface area contributed by atoms with Crippen molar-refractivity contribution >= 4 is 66.4 Å². The molecule has 0 atom stereocenters. The van der Waals surface area contributed by atoms with Gasteiger partial charge >= 0.3 is 0 Å². The minimum atomic E-state index is -3.58. The largest absolute Gasteiger partial charge is 0.305 e. The normalized spacial score (nSPS) is 11.9. The van der Waals surface area contributed by atoms with E-state index in [1.165, 1.54) is 5.39 Å². The molecule has 0 N–H and O–H groups in total. The van der Waals surface area contributed by atoms with E-state index in [9.17, 15) is 0 Å². The minimum absolute atomic E-state index is 0.528. The second-order valence-corrected chi connectivity index (χ2v) is 13.0. The number of nitrogens with zero attached hydrogens (tertiary/aromatic N) is 2. The molecule has 0 aliphatic heterocycles. The van der Waals surface area contributed by atoms with E-state index < -0.39 is 7.14 Å². The van der Waals surface area contributed by atoms with E-state index in [2.05, 4.69) is 91.0 Å². The molecule has 2 aromatic heterocycles. The fourth-order valence-electron chi connectivity index (χ4n) is 6.48. The lowest BCUT2D eigenvalue weighted by molar-refractivity contribution is 0.591. The molecule has 3 nitrogen and oxygen atoms in total. The highest BCUT2D eigenvalue weighted by atomic mass is 31.2. The Kier molecular flexibility index (Phi) is 5.73. The van der Waals surface area contributed by atoms with Crippen molar-refractivity contribution in [3.63, 3.8) is 0 Å². The lowest BCUT2D eigenvalue weighted by Gasteiger charge is -2.26. The van der Waals surface area contributed by atoms with Gasteiger partial charge in [-0.05, 0) is 73.1 Å². The van der Waals surface area contributed by atoms with E-state index in [-0.39, 0.29) is 0 Å². The Morgan fingerprint density at radius 3 is 1.40 bits per heavy atom. The molecule has 0 bridgehead atoms. The van der Waals surface area contributed by atoms with E-state index in [1.807, 2.05) is 48.5 Å². The number of pyridine rings is 2. The van der Waals surface area contributed by atoms with Gasteiger partial charge in [-0.15, -0.1) is 0 Å². The molecule has 8 rings (SSSR count). The molecule has 0 spiro atoms. The van der Waals surface area contributed by atoms with Crippen LogP contribution in [0.3, 0.4) is 0 Å². The van der Waals surface area contributed by atoms with E-state index >= 15 is 4.57 Å². The highest BCUT2D eigenvalue weighted by Gasteiger charge is 2.37. The monoisotopic (exact) mass is 556 g/mol. The van der Waals surface area contributed by atoms with Gasteiger partial charge in [-0.3, -0.25) is 9.97 Å². The Balaban J connectivity index is 1.74. The fraction of sp³-hybridized carbons (Fsp3) is 0. The number of fused-ring (bicyclic) bond motifs is 7. The molecule has 0 aliphatic carbocycles. The summed E-state index contributed by atoms with van der Waals surface area (Å²) >= 11 is 0. The van der Waals surface area contributed by atoms with Crippen molar-refractivity contribution in [3.8, 4) is 11.1 Å².